The summed E-state index contributed by atoms with van der Waals surface area (Å²) in [5.41, 5.74) is -2.26. The zero-order valence-electron chi connectivity index (χ0n) is 22.4. The number of hydrogen-bond acceptors (Lipinski definition) is 17. The number of hydrogen-bond donors (Lipinski definition) is 11. The molecule has 238 valence electrons. The molecule has 1 fully saturated rings. The number of fused-ring (bicyclic) bond motifs is 1. The first-order valence-electron chi connectivity index (χ1n) is 12.7. The largest absolute Gasteiger partial charge is 0.508 e. The number of benzene rings is 3. The van der Waals surface area contributed by atoms with Gasteiger partial charge in [-0.1, -0.05) is 0 Å². The molecule has 0 spiro atoms. The molecule has 0 radical (unpaired) electrons. The Labute approximate surface area is 249 Å². The van der Waals surface area contributed by atoms with E-state index in [9.17, 15) is 65.8 Å². The van der Waals surface area contributed by atoms with Crippen LogP contribution in [-0.4, -0.2) is 99.5 Å². The summed E-state index contributed by atoms with van der Waals surface area (Å²) in [5, 5.41) is 110. The Morgan fingerprint density at radius 3 is 1.91 bits per heavy atom. The van der Waals surface area contributed by atoms with Crippen LogP contribution in [0, 0.1) is 0 Å². The third-order valence-electron chi connectivity index (χ3n) is 6.84. The SMILES string of the molecule is O=C(OC[C@H]1O[C@H](Oc2c(-c3cc(O)c(O)c(O)c3)oc3cc(O)cc(O)c3c2=O)[C@H](O)[C@@H](O)[C@H]1O)c1cc(O)c(O)c(O)c1. The van der Waals surface area contributed by atoms with Crippen LogP contribution < -0.4 is 10.2 Å². The Bertz CT molecular complexity index is 1820. The molecule has 3 aromatic carbocycles. The third kappa shape index (κ3) is 5.58. The summed E-state index contributed by atoms with van der Waals surface area (Å²) in [4.78, 5) is 26.0. The lowest BCUT2D eigenvalue weighted by Crippen LogP contribution is -2.60. The summed E-state index contributed by atoms with van der Waals surface area (Å²) in [6, 6.07) is 5.02. The van der Waals surface area contributed by atoms with Gasteiger partial charge in [0.15, 0.2) is 40.3 Å². The van der Waals surface area contributed by atoms with Crippen molar-refractivity contribution in [1.82, 2.24) is 0 Å². The smallest absolute Gasteiger partial charge is 0.338 e. The van der Waals surface area contributed by atoms with Crippen molar-refractivity contribution in [3.8, 4) is 63.1 Å². The minimum atomic E-state index is -2.07. The molecule has 5 atom stereocenters. The standard InChI is InChI=1S/C28H24O17/c29-10-5-11(30)18-16(6-10)43-25(8-1-12(31)19(35)13(32)2-8)26(22(18)38)45-28-24(40)23(39)21(37)17(44-28)7-42-27(41)9-3-14(33)20(36)15(34)4-9/h1-6,17,21,23-24,28-37,39-40H,7H2/t17-,21+,23+,24-,28-/m1/s1. The number of carbonyl (C=O) groups excluding carboxylic acids is 1. The van der Waals surface area contributed by atoms with Crippen molar-refractivity contribution in [2.24, 2.45) is 0 Å². The van der Waals surface area contributed by atoms with Crippen LogP contribution in [0.15, 0.2) is 45.6 Å². The first-order valence-corrected chi connectivity index (χ1v) is 12.7. The van der Waals surface area contributed by atoms with E-state index < -0.39 is 123 Å². The van der Waals surface area contributed by atoms with Crippen LogP contribution in [0.2, 0.25) is 0 Å². The van der Waals surface area contributed by atoms with E-state index in [0.717, 1.165) is 36.4 Å². The number of aliphatic hydroxyl groups is 3. The summed E-state index contributed by atoms with van der Waals surface area (Å²) in [6.45, 7) is -0.828. The molecule has 2 heterocycles. The van der Waals surface area contributed by atoms with E-state index in [0.29, 0.717) is 0 Å². The number of phenols is 8. The number of rotatable bonds is 6. The van der Waals surface area contributed by atoms with E-state index >= 15 is 0 Å². The van der Waals surface area contributed by atoms with Crippen LogP contribution in [0.3, 0.4) is 0 Å². The monoisotopic (exact) mass is 632 g/mol. The maximum atomic E-state index is 13.6. The summed E-state index contributed by atoms with van der Waals surface area (Å²) >= 11 is 0. The third-order valence-corrected chi connectivity index (χ3v) is 6.84. The van der Waals surface area contributed by atoms with Crippen molar-refractivity contribution >= 4 is 16.9 Å². The minimum Gasteiger partial charge on any atom is -0.508 e. The van der Waals surface area contributed by atoms with Gasteiger partial charge in [-0.15, -0.1) is 0 Å². The second-order valence-electron chi connectivity index (χ2n) is 9.88. The molecule has 17 nitrogen and oxygen atoms in total. The molecule has 1 aliphatic heterocycles. The highest BCUT2D eigenvalue weighted by Gasteiger charge is 2.46. The fraction of sp³-hybridized carbons (Fsp3) is 0.214. The Balaban J connectivity index is 1.50. The average Bonchev–Trinajstić information content (AvgIpc) is 2.98. The van der Waals surface area contributed by atoms with Gasteiger partial charge >= 0.3 is 5.97 Å². The van der Waals surface area contributed by atoms with Gasteiger partial charge in [-0.3, -0.25) is 4.79 Å². The highest BCUT2D eigenvalue weighted by atomic mass is 16.7. The predicted octanol–water partition coefficient (Wildman–Crippen LogP) is 0.148. The normalized spacial score (nSPS) is 21.4. The van der Waals surface area contributed by atoms with Crippen LogP contribution in [0.25, 0.3) is 22.3 Å². The summed E-state index contributed by atoms with van der Waals surface area (Å²) in [5.74, 6) is -9.11. The van der Waals surface area contributed by atoms with E-state index in [1.807, 2.05) is 0 Å². The van der Waals surface area contributed by atoms with Gasteiger partial charge in [-0.05, 0) is 24.3 Å². The zero-order valence-corrected chi connectivity index (χ0v) is 22.4. The highest BCUT2D eigenvalue weighted by Crippen LogP contribution is 2.43. The van der Waals surface area contributed by atoms with Crippen molar-refractivity contribution in [3.05, 3.63) is 52.2 Å². The molecule has 0 saturated carbocycles. The molecular formula is C28H24O17. The topological polar surface area (TPSA) is 298 Å². The van der Waals surface area contributed by atoms with Crippen LogP contribution in [0.5, 0.6) is 51.7 Å². The second-order valence-corrected chi connectivity index (χ2v) is 9.88. The van der Waals surface area contributed by atoms with Gasteiger partial charge in [0.1, 0.15) is 53.5 Å². The first-order chi connectivity index (χ1) is 21.2. The van der Waals surface area contributed by atoms with Crippen molar-refractivity contribution in [2.75, 3.05) is 6.61 Å². The van der Waals surface area contributed by atoms with Crippen molar-refractivity contribution < 1.29 is 79.6 Å². The van der Waals surface area contributed by atoms with Gasteiger partial charge in [0, 0.05) is 17.7 Å². The van der Waals surface area contributed by atoms with Crippen LogP contribution in [-0.2, 0) is 9.47 Å². The van der Waals surface area contributed by atoms with Gasteiger partial charge in [0.25, 0.3) is 0 Å². The summed E-state index contributed by atoms with van der Waals surface area (Å²) < 4.78 is 21.8. The van der Waals surface area contributed by atoms with Crippen molar-refractivity contribution in [1.29, 1.82) is 0 Å². The average molecular weight is 632 g/mol. The molecule has 0 amide bonds. The molecule has 5 rings (SSSR count). The zero-order chi connectivity index (χ0) is 32.9. The molecule has 11 N–H and O–H groups in total. The lowest BCUT2D eigenvalue weighted by Gasteiger charge is -2.39. The molecule has 0 bridgehead atoms. The predicted molar refractivity (Wildman–Crippen MR) is 145 cm³/mol. The maximum Gasteiger partial charge on any atom is 0.338 e. The van der Waals surface area contributed by atoms with E-state index in [1.165, 1.54) is 0 Å². The van der Waals surface area contributed by atoms with E-state index in [-0.39, 0.29) is 5.56 Å². The van der Waals surface area contributed by atoms with Crippen molar-refractivity contribution in [3.63, 3.8) is 0 Å². The first kappa shape index (κ1) is 30.8. The number of ether oxygens (including phenoxy) is 3. The van der Waals surface area contributed by atoms with Gasteiger partial charge in [0.2, 0.25) is 17.5 Å². The fourth-order valence-corrected chi connectivity index (χ4v) is 4.53. The van der Waals surface area contributed by atoms with Gasteiger partial charge in [-0.2, -0.15) is 0 Å². The lowest BCUT2D eigenvalue weighted by molar-refractivity contribution is -0.277. The fourth-order valence-electron chi connectivity index (χ4n) is 4.53. The molecule has 0 aliphatic carbocycles. The molecule has 17 heteroatoms. The highest BCUT2D eigenvalue weighted by molar-refractivity contribution is 5.91. The van der Waals surface area contributed by atoms with E-state index in [2.05, 4.69) is 0 Å². The van der Waals surface area contributed by atoms with Crippen LogP contribution in [0.1, 0.15) is 10.4 Å². The Kier molecular flexibility index (Phi) is 7.86. The number of aliphatic hydroxyl groups excluding tert-OH is 3. The lowest BCUT2D eigenvalue weighted by atomic mass is 9.99. The number of aromatic hydroxyl groups is 8. The quantitative estimate of drug-likeness (QED) is 0.0995. The van der Waals surface area contributed by atoms with E-state index in [1.54, 1.807) is 0 Å². The van der Waals surface area contributed by atoms with Gasteiger partial charge in [-0.25, -0.2) is 4.79 Å². The Hall–Kier alpha value is -5.62. The Morgan fingerprint density at radius 1 is 0.733 bits per heavy atom. The molecule has 1 aromatic heterocycles. The Morgan fingerprint density at radius 2 is 1.31 bits per heavy atom. The number of carbonyl (C=O) groups is 1. The molecular weight excluding hydrogens is 608 g/mol. The molecule has 1 aliphatic rings. The summed E-state index contributed by atoms with van der Waals surface area (Å²) in [6.07, 6.45) is -9.67. The second kappa shape index (κ2) is 11.5. The molecule has 1 saturated heterocycles. The van der Waals surface area contributed by atoms with Gasteiger partial charge in [0.05, 0.1) is 5.56 Å². The number of esters is 1. The van der Waals surface area contributed by atoms with E-state index in [4.69, 9.17) is 18.6 Å². The number of phenolic OH excluding ortho intramolecular Hbond substituents is 8. The van der Waals surface area contributed by atoms with Gasteiger partial charge < -0.3 is 74.8 Å². The summed E-state index contributed by atoms with van der Waals surface area (Å²) in [7, 11) is 0. The van der Waals surface area contributed by atoms with Crippen molar-refractivity contribution in [2.45, 2.75) is 30.7 Å². The maximum absolute atomic E-state index is 13.6. The molecule has 4 aromatic rings. The molecule has 0 unspecified atom stereocenters. The molecule has 45 heavy (non-hydrogen) atoms. The minimum absolute atomic E-state index is 0.295. The van der Waals surface area contributed by atoms with Crippen LogP contribution >= 0.6 is 0 Å². The van der Waals surface area contributed by atoms with Crippen LogP contribution in [0.4, 0.5) is 0 Å².